The van der Waals surface area contributed by atoms with Crippen molar-refractivity contribution in [2.24, 2.45) is 0 Å². The zero-order valence-electron chi connectivity index (χ0n) is 6.93. The number of hydrogen-bond donors (Lipinski definition) is 0. The van der Waals surface area contributed by atoms with Gasteiger partial charge in [0.25, 0.3) is 0 Å². The summed E-state index contributed by atoms with van der Waals surface area (Å²) in [6, 6.07) is 5.69. The maximum atomic E-state index is 11.1. The number of halogens is 1. The van der Waals surface area contributed by atoms with Crippen LogP contribution in [0.2, 0.25) is 0 Å². The van der Waals surface area contributed by atoms with E-state index in [0.29, 0.717) is 0 Å². The molecule has 0 heterocycles. The monoisotopic (exact) mass is 244 g/mol. The molecule has 0 aliphatic carbocycles. The van der Waals surface area contributed by atoms with E-state index < -0.39 is 0 Å². The molecule has 1 rings (SSSR count). The lowest BCUT2D eigenvalue weighted by atomic mass is 10.1. The Morgan fingerprint density at radius 1 is 1.50 bits per heavy atom. The SMILES string of the molecule is CSc1cc(Br)ccc1C(C)=O. The highest BCUT2D eigenvalue weighted by atomic mass is 79.9. The van der Waals surface area contributed by atoms with Crippen molar-refractivity contribution in [3.05, 3.63) is 28.2 Å². The normalized spacial score (nSPS) is 9.92. The fourth-order valence-electron chi connectivity index (χ4n) is 0.956. The minimum atomic E-state index is 0.117. The second-order valence-corrected chi connectivity index (χ2v) is 4.16. The standard InChI is InChI=1S/C9H9BrOS/c1-6(11)8-4-3-7(10)5-9(8)12-2/h3-5H,1-2H3. The molecule has 0 radical (unpaired) electrons. The lowest BCUT2D eigenvalue weighted by Gasteiger charge is -2.03. The lowest BCUT2D eigenvalue weighted by molar-refractivity contribution is 0.101. The Kier molecular flexibility index (Phi) is 3.35. The number of hydrogen-bond acceptors (Lipinski definition) is 2. The number of ketones is 1. The molecule has 0 saturated carbocycles. The molecular formula is C9H9BrOS. The summed E-state index contributed by atoms with van der Waals surface area (Å²) in [6.45, 7) is 1.59. The zero-order valence-corrected chi connectivity index (χ0v) is 9.33. The van der Waals surface area contributed by atoms with Crippen molar-refractivity contribution in [1.29, 1.82) is 0 Å². The molecule has 0 saturated heterocycles. The molecule has 12 heavy (non-hydrogen) atoms. The van der Waals surface area contributed by atoms with Crippen LogP contribution in [0, 0.1) is 0 Å². The average molecular weight is 245 g/mol. The second kappa shape index (κ2) is 4.10. The van der Waals surface area contributed by atoms with Gasteiger partial charge in [0, 0.05) is 14.9 Å². The van der Waals surface area contributed by atoms with Crippen LogP contribution in [0.15, 0.2) is 27.6 Å². The van der Waals surface area contributed by atoms with Crippen LogP contribution in [0.1, 0.15) is 17.3 Å². The van der Waals surface area contributed by atoms with Crippen LogP contribution in [0.5, 0.6) is 0 Å². The van der Waals surface area contributed by atoms with Crippen molar-refractivity contribution < 1.29 is 4.79 Å². The third kappa shape index (κ3) is 2.11. The molecular weight excluding hydrogens is 236 g/mol. The van der Waals surface area contributed by atoms with Gasteiger partial charge in [-0.25, -0.2) is 0 Å². The Morgan fingerprint density at radius 2 is 2.17 bits per heavy atom. The van der Waals surface area contributed by atoms with Gasteiger partial charge in [-0.3, -0.25) is 4.79 Å². The predicted octanol–water partition coefficient (Wildman–Crippen LogP) is 3.37. The van der Waals surface area contributed by atoms with Gasteiger partial charge in [-0.05, 0) is 31.4 Å². The second-order valence-electron chi connectivity index (χ2n) is 2.40. The summed E-state index contributed by atoms with van der Waals surface area (Å²) < 4.78 is 1.01. The summed E-state index contributed by atoms with van der Waals surface area (Å²) in [5.41, 5.74) is 0.797. The number of thioether (sulfide) groups is 1. The van der Waals surface area contributed by atoms with Crippen LogP contribution in [0.4, 0.5) is 0 Å². The highest BCUT2D eigenvalue weighted by Gasteiger charge is 2.05. The molecule has 0 spiro atoms. The van der Waals surface area contributed by atoms with Crippen LogP contribution in [0.3, 0.4) is 0 Å². The minimum absolute atomic E-state index is 0.117. The van der Waals surface area contributed by atoms with Crippen molar-refractivity contribution in [2.75, 3.05) is 6.26 Å². The van der Waals surface area contributed by atoms with Crippen molar-refractivity contribution in [1.82, 2.24) is 0 Å². The predicted molar refractivity (Wildman–Crippen MR) is 55.9 cm³/mol. The van der Waals surface area contributed by atoms with Gasteiger partial charge in [0.1, 0.15) is 0 Å². The fourth-order valence-corrected chi connectivity index (χ4v) is 2.15. The topological polar surface area (TPSA) is 17.1 Å². The first kappa shape index (κ1) is 9.81. The van der Waals surface area contributed by atoms with Gasteiger partial charge in [-0.15, -0.1) is 11.8 Å². The molecule has 0 aliphatic heterocycles. The average Bonchev–Trinajstić information content (AvgIpc) is 2.03. The van der Waals surface area contributed by atoms with E-state index >= 15 is 0 Å². The largest absolute Gasteiger partial charge is 0.294 e. The molecule has 3 heteroatoms. The van der Waals surface area contributed by atoms with E-state index in [2.05, 4.69) is 15.9 Å². The van der Waals surface area contributed by atoms with E-state index in [1.807, 2.05) is 24.5 Å². The zero-order chi connectivity index (χ0) is 9.14. The molecule has 1 aromatic rings. The van der Waals surface area contributed by atoms with Crippen LogP contribution in [-0.2, 0) is 0 Å². The quantitative estimate of drug-likeness (QED) is 0.587. The summed E-state index contributed by atoms with van der Waals surface area (Å²) >= 11 is 4.95. The van der Waals surface area contributed by atoms with Gasteiger partial charge in [0.2, 0.25) is 0 Å². The van der Waals surface area contributed by atoms with E-state index in [1.165, 1.54) is 0 Å². The first-order valence-electron chi connectivity index (χ1n) is 3.49. The van der Waals surface area contributed by atoms with Gasteiger partial charge in [-0.1, -0.05) is 15.9 Å². The highest BCUT2D eigenvalue weighted by molar-refractivity contribution is 9.10. The van der Waals surface area contributed by atoms with Gasteiger partial charge >= 0.3 is 0 Å². The van der Waals surface area contributed by atoms with E-state index in [-0.39, 0.29) is 5.78 Å². The molecule has 1 aromatic carbocycles. The van der Waals surface area contributed by atoms with Crippen molar-refractivity contribution >= 4 is 33.5 Å². The first-order chi connectivity index (χ1) is 5.65. The Bertz CT molecular complexity index is 309. The Hall–Kier alpha value is -0.280. The first-order valence-corrected chi connectivity index (χ1v) is 5.51. The fraction of sp³-hybridized carbons (Fsp3) is 0.222. The van der Waals surface area contributed by atoms with Gasteiger partial charge in [0.05, 0.1) is 0 Å². The summed E-state index contributed by atoms with van der Waals surface area (Å²) in [7, 11) is 0. The van der Waals surface area contributed by atoms with E-state index in [1.54, 1.807) is 18.7 Å². The number of benzene rings is 1. The maximum absolute atomic E-state index is 11.1. The highest BCUT2D eigenvalue weighted by Crippen LogP contribution is 2.24. The number of carbonyl (C=O) groups excluding carboxylic acids is 1. The Morgan fingerprint density at radius 3 is 2.67 bits per heavy atom. The summed E-state index contributed by atoms with van der Waals surface area (Å²) in [6.07, 6.45) is 1.97. The lowest BCUT2D eigenvalue weighted by Crippen LogP contribution is -1.94. The van der Waals surface area contributed by atoms with Crippen LogP contribution < -0.4 is 0 Å². The van der Waals surface area contributed by atoms with Gasteiger partial charge in [0.15, 0.2) is 5.78 Å². The van der Waals surface area contributed by atoms with E-state index in [9.17, 15) is 4.79 Å². The molecule has 0 aromatic heterocycles. The summed E-state index contributed by atoms with van der Waals surface area (Å²) in [5.74, 6) is 0.117. The number of carbonyl (C=O) groups is 1. The Balaban J connectivity index is 3.20. The third-order valence-electron chi connectivity index (χ3n) is 1.54. The van der Waals surface area contributed by atoms with Crippen LogP contribution >= 0.6 is 27.7 Å². The summed E-state index contributed by atoms with van der Waals surface area (Å²) in [5, 5.41) is 0. The molecule has 1 nitrogen and oxygen atoms in total. The number of Topliss-reactive ketones (excluding diaryl/α,β-unsaturated/α-hetero) is 1. The molecule has 0 N–H and O–H groups in total. The van der Waals surface area contributed by atoms with Crippen molar-refractivity contribution in [3.63, 3.8) is 0 Å². The summed E-state index contributed by atoms with van der Waals surface area (Å²) in [4.78, 5) is 12.1. The van der Waals surface area contributed by atoms with Gasteiger partial charge in [-0.2, -0.15) is 0 Å². The molecule has 0 amide bonds. The molecule has 64 valence electrons. The van der Waals surface area contributed by atoms with Gasteiger partial charge < -0.3 is 0 Å². The minimum Gasteiger partial charge on any atom is -0.294 e. The molecule has 0 aliphatic rings. The van der Waals surface area contributed by atoms with Crippen LogP contribution in [0.25, 0.3) is 0 Å². The van der Waals surface area contributed by atoms with E-state index in [4.69, 9.17) is 0 Å². The maximum Gasteiger partial charge on any atom is 0.160 e. The smallest absolute Gasteiger partial charge is 0.160 e. The molecule has 0 unspecified atom stereocenters. The Labute approximate surface area is 84.7 Å². The van der Waals surface area contributed by atoms with E-state index in [0.717, 1.165) is 14.9 Å². The third-order valence-corrected chi connectivity index (χ3v) is 2.81. The van der Waals surface area contributed by atoms with Crippen molar-refractivity contribution in [3.8, 4) is 0 Å². The molecule has 0 bridgehead atoms. The van der Waals surface area contributed by atoms with Crippen molar-refractivity contribution in [2.45, 2.75) is 11.8 Å². The van der Waals surface area contributed by atoms with Crippen LogP contribution in [-0.4, -0.2) is 12.0 Å². The molecule has 0 atom stereocenters. The molecule has 0 fully saturated rings. The number of rotatable bonds is 2.